The molecule has 2 aliphatic carbocycles. The van der Waals surface area contributed by atoms with Crippen molar-refractivity contribution in [3.8, 4) is 0 Å². The van der Waals surface area contributed by atoms with Gasteiger partial charge < -0.3 is 15.1 Å². The molecule has 7 nitrogen and oxygen atoms in total. The Morgan fingerprint density at radius 3 is 2.74 bits per heavy atom. The molecule has 2 saturated carbocycles. The summed E-state index contributed by atoms with van der Waals surface area (Å²) in [4.78, 5) is 13.2. The first-order chi connectivity index (χ1) is 15.0. The van der Waals surface area contributed by atoms with Crippen LogP contribution in [0.5, 0.6) is 0 Å². The number of fused-ring (bicyclic) bond motifs is 5. The number of aryl methyl sites for hydroxylation is 2. The van der Waals surface area contributed by atoms with Crippen molar-refractivity contribution < 1.29 is 8.81 Å². The zero-order valence-electron chi connectivity index (χ0n) is 17.4. The van der Waals surface area contributed by atoms with Crippen molar-refractivity contribution in [1.29, 1.82) is 0 Å². The predicted molar refractivity (Wildman–Crippen MR) is 115 cm³/mol. The van der Waals surface area contributed by atoms with Crippen LogP contribution < -0.4 is 5.73 Å². The first-order valence-electron chi connectivity index (χ1n) is 10.8. The first kappa shape index (κ1) is 19.2. The molecule has 3 heterocycles. The van der Waals surface area contributed by atoms with Gasteiger partial charge in [0.2, 0.25) is 5.89 Å². The molecule has 31 heavy (non-hydrogen) atoms. The minimum atomic E-state index is -0.231. The number of hydrogen-bond donors (Lipinski definition) is 2. The van der Waals surface area contributed by atoms with Gasteiger partial charge in [0.25, 0.3) is 5.22 Å². The lowest BCUT2D eigenvalue weighted by Crippen LogP contribution is -2.29. The quantitative estimate of drug-likeness (QED) is 0.452. The normalized spacial score (nSPS) is 25.3. The molecule has 0 spiro atoms. The molecule has 0 aliphatic heterocycles. The maximum absolute atomic E-state index is 14.5. The number of nitrogens with one attached hydrogen (secondary N) is 1. The third kappa shape index (κ3) is 3.05. The van der Waals surface area contributed by atoms with E-state index in [1.54, 1.807) is 19.1 Å². The largest absolute Gasteiger partial charge is 0.416 e. The molecule has 3 N–H and O–H groups in total. The Morgan fingerprint density at radius 1 is 1.19 bits per heavy atom. The molecule has 1 aromatic carbocycles. The molecule has 6 rings (SSSR count). The summed E-state index contributed by atoms with van der Waals surface area (Å²) in [6, 6.07) is 3.48. The minimum absolute atomic E-state index is 0.231. The second-order valence-corrected chi connectivity index (χ2v) is 9.69. The summed E-state index contributed by atoms with van der Waals surface area (Å²) in [5, 5.41) is 10.7. The van der Waals surface area contributed by atoms with Crippen LogP contribution in [0, 0.1) is 24.6 Å². The van der Waals surface area contributed by atoms with Crippen LogP contribution in [0.2, 0.25) is 0 Å². The van der Waals surface area contributed by atoms with E-state index in [2.05, 4.69) is 15.2 Å². The number of aromatic nitrogens is 5. The summed E-state index contributed by atoms with van der Waals surface area (Å²) < 4.78 is 20.0. The highest BCUT2D eigenvalue weighted by atomic mass is 32.2. The maximum atomic E-state index is 14.5. The molecule has 2 bridgehead atoms. The van der Waals surface area contributed by atoms with Crippen LogP contribution in [0.15, 0.2) is 26.9 Å². The number of halogens is 1. The number of rotatable bonds is 4. The predicted octanol–water partition coefficient (Wildman–Crippen LogP) is 4.50. The summed E-state index contributed by atoms with van der Waals surface area (Å²) in [6.07, 6.45) is 3.91. The average Bonchev–Trinajstić information content (AvgIpc) is 3.50. The summed E-state index contributed by atoms with van der Waals surface area (Å²) in [5.74, 6) is 1.60. The summed E-state index contributed by atoms with van der Waals surface area (Å²) in [5.41, 5.74) is 9.91. The van der Waals surface area contributed by atoms with Gasteiger partial charge in [-0.2, -0.15) is 0 Å². The molecule has 1 unspecified atom stereocenters. The monoisotopic (exact) mass is 438 g/mol. The molecule has 0 saturated heterocycles. The fraction of sp³-hybridized carbons (Fsp3) is 0.455. The fourth-order valence-corrected chi connectivity index (χ4v) is 6.27. The van der Waals surface area contributed by atoms with Crippen LogP contribution in [0.4, 0.5) is 4.39 Å². The van der Waals surface area contributed by atoms with Crippen LogP contribution in [0.1, 0.15) is 49.3 Å². The van der Waals surface area contributed by atoms with E-state index < -0.39 is 0 Å². The van der Waals surface area contributed by atoms with Crippen molar-refractivity contribution in [2.45, 2.75) is 61.9 Å². The molecule has 2 fully saturated rings. The van der Waals surface area contributed by atoms with Gasteiger partial charge in [-0.3, -0.25) is 0 Å². The molecule has 9 heteroatoms. The molecular formula is C22H23FN6OS. The number of H-pyrrole nitrogens is 1. The number of nitrogens with zero attached hydrogens (tertiary/aromatic N) is 4. The average molecular weight is 439 g/mol. The van der Waals surface area contributed by atoms with E-state index in [-0.39, 0.29) is 11.9 Å². The Balaban J connectivity index is 1.56. The Bertz CT molecular complexity index is 1310. The molecule has 3 aromatic heterocycles. The summed E-state index contributed by atoms with van der Waals surface area (Å²) in [7, 11) is 0. The van der Waals surface area contributed by atoms with Crippen molar-refractivity contribution >= 4 is 33.7 Å². The highest BCUT2D eigenvalue weighted by molar-refractivity contribution is 7.98. The standard InChI is InChI=1S/C22H23FN6OS/c1-3-10-5-13(23)8-15-17-19(14-6-12-4-11(14)7-16(12)24)26-21(27-20(17)25-18(10)15)31-22-29-28-9(2)30-22/h5,8,11-12,14,16H,3-4,6-7,24H2,1-2H3,(H,25,26,27)/t11-,12-,14?,16-/m1/s1. The van der Waals surface area contributed by atoms with Crippen molar-refractivity contribution in [3.05, 3.63) is 35.1 Å². The van der Waals surface area contributed by atoms with Gasteiger partial charge in [0.1, 0.15) is 11.5 Å². The van der Waals surface area contributed by atoms with Gasteiger partial charge in [0, 0.05) is 41.4 Å². The van der Waals surface area contributed by atoms with Crippen molar-refractivity contribution in [2.24, 2.45) is 17.6 Å². The number of hydrogen-bond acceptors (Lipinski definition) is 7. The zero-order chi connectivity index (χ0) is 21.3. The third-order valence-electron chi connectivity index (χ3n) is 6.94. The SMILES string of the molecule is CCc1cc(F)cc2c1[nH]c1nc(Sc3nnc(C)o3)nc(C3C[C@H]4C[C@@H]3C[C@H]4N)c12. The number of nitrogens with two attached hydrogens (primary N) is 1. The summed E-state index contributed by atoms with van der Waals surface area (Å²) in [6.45, 7) is 3.78. The van der Waals surface area contributed by atoms with Gasteiger partial charge in [-0.15, -0.1) is 10.2 Å². The second-order valence-electron chi connectivity index (χ2n) is 8.77. The number of benzene rings is 1. The second kappa shape index (κ2) is 7.00. The van der Waals surface area contributed by atoms with E-state index in [0.717, 1.165) is 58.9 Å². The van der Waals surface area contributed by atoms with Crippen molar-refractivity contribution in [3.63, 3.8) is 0 Å². The molecule has 0 amide bonds. The lowest BCUT2D eigenvalue weighted by Gasteiger charge is -2.25. The minimum Gasteiger partial charge on any atom is -0.416 e. The highest BCUT2D eigenvalue weighted by Gasteiger charge is 2.46. The summed E-state index contributed by atoms with van der Waals surface area (Å²) >= 11 is 1.26. The van der Waals surface area contributed by atoms with Gasteiger partial charge in [0.05, 0.1) is 11.2 Å². The maximum Gasteiger partial charge on any atom is 0.284 e. The van der Waals surface area contributed by atoms with E-state index in [1.807, 2.05) is 6.92 Å². The zero-order valence-corrected chi connectivity index (χ0v) is 18.2. The smallest absolute Gasteiger partial charge is 0.284 e. The fourth-order valence-electron chi connectivity index (χ4n) is 5.58. The highest BCUT2D eigenvalue weighted by Crippen LogP contribution is 2.53. The van der Waals surface area contributed by atoms with E-state index in [1.165, 1.54) is 11.8 Å². The van der Waals surface area contributed by atoms with Gasteiger partial charge in [-0.1, -0.05) is 6.92 Å². The first-order valence-corrected chi connectivity index (χ1v) is 11.6. The van der Waals surface area contributed by atoms with Crippen LogP contribution >= 0.6 is 11.8 Å². The molecule has 160 valence electrons. The van der Waals surface area contributed by atoms with Gasteiger partial charge in [0.15, 0.2) is 5.16 Å². The molecule has 2 aliphatic rings. The Morgan fingerprint density at radius 2 is 2.06 bits per heavy atom. The lowest BCUT2D eigenvalue weighted by atomic mass is 9.83. The van der Waals surface area contributed by atoms with E-state index >= 15 is 0 Å². The van der Waals surface area contributed by atoms with E-state index in [0.29, 0.717) is 34.0 Å². The lowest BCUT2D eigenvalue weighted by molar-refractivity contribution is 0.371. The van der Waals surface area contributed by atoms with E-state index in [4.69, 9.17) is 20.1 Å². The number of aromatic amines is 1. The molecule has 4 aromatic rings. The van der Waals surface area contributed by atoms with Gasteiger partial charge in [-0.05, 0) is 55.2 Å². The van der Waals surface area contributed by atoms with Gasteiger partial charge in [-0.25, -0.2) is 14.4 Å². The Labute approximate surface area is 182 Å². The van der Waals surface area contributed by atoms with Crippen LogP contribution in [0.25, 0.3) is 21.9 Å². The topological polar surface area (TPSA) is 107 Å². The molecular weight excluding hydrogens is 415 g/mol. The van der Waals surface area contributed by atoms with Crippen LogP contribution in [0.3, 0.4) is 0 Å². The van der Waals surface area contributed by atoms with Crippen molar-refractivity contribution in [2.75, 3.05) is 0 Å². The van der Waals surface area contributed by atoms with Crippen LogP contribution in [-0.4, -0.2) is 31.2 Å². The Kier molecular flexibility index (Phi) is 4.33. The third-order valence-corrected chi connectivity index (χ3v) is 7.65. The molecule has 4 atom stereocenters. The van der Waals surface area contributed by atoms with Crippen LogP contribution in [-0.2, 0) is 6.42 Å². The molecule has 0 radical (unpaired) electrons. The Hall–Kier alpha value is -2.52. The van der Waals surface area contributed by atoms with Gasteiger partial charge >= 0.3 is 0 Å². The van der Waals surface area contributed by atoms with E-state index in [9.17, 15) is 4.39 Å². The van der Waals surface area contributed by atoms with Crippen molar-refractivity contribution in [1.82, 2.24) is 25.1 Å².